The van der Waals surface area contributed by atoms with Crippen LogP contribution in [-0.2, 0) is 12.7 Å². The fraction of sp³-hybridized carbons (Fsp3) is 0.0952. The van der Waals surface area contributed by atoms with Crippen molar-refractivity contribution in [2.24, 2.45) is 0 Å². The second-order valence-corrected chi connectivity index (χ2v) is 7.38. The van der Waals surface area contributed by atoms with Crippen molar-refractivity contribution in [1.82, 2.24) is 14.5 Å². The van der Waals surface area contributed by atoms with Crippen molar-refractivity contribution >= 4 is 58.2 Å². The van der Waals surface area contributed by atoms with Gasteiger partial charge in [-0.3, -0.25) is 9.78 Å². The maximum absolute atomic E-state index is 13.7. The van der Waals surface area contributed by atoms with E-state index in [9.17, 15) is 18.0 Å². The zero-order chi connectivity index (χ0) is 22.2. The first-order valence-electron chi connectivity index (χ1n) is 8.97. The van der Waals surface area contributed by atoms with E-state index >= 15 is 0 Å². The first kappa shape index (κ1) is 23.8. The molecule has 5 nitrogen and oxygen atoms in total. The van der Waals surface area contributed by atoms with E-state index in [2.05, 4.69) is 15.3 Å². The lowest BCUT2D eigenvalue weighted by molar-refractivity contribution is -0.146. The number of nitrogens with zero attached hydrogens (tertiary/aromatic N) is 3. The number of rotatable bonds is 4. The van der Waals surface area contributed by atoms with Crippen LogP contribution in [-0.4, -0.2) is 20.4 Å². The second kappa shape index (κ2) is 9.36. The Morgan fingerprint density at radius 2 is 1.69 bits per heavy atom. The minimum absolute atomic E-state index is 0. The first-order chi connectivity index (χ1) is 14.8. The highest BCUT2D eigenvalue weighted by Gasteiger charge is 2.38. The third kappa shape index (κ3) is 4.67. The molecule has 0 saturated carbocycles. The largest absolute Gasteiger partial charge is 0.449 e. The highest BCUT2D eigenvalue weighted by molar-refractivity contribution is 6.40. The van der Waals surface area contributed by atoms with E-state index in [1.165, 1.54) is 36.5 Å². The maximum Gasteiger partial charge on any atom is 0.449 e. The number of imidazole rings is 1. The van der Waals surface area contributed by atoms with Gasteiger partial charge in [-0.1, -0.05) is 41.4 Å². The average Bonchev–Trinajstić information content (AvgIpc) is 3.10. The summed E-state index contributed by atoms with van der Waals surface area (Å²) in [6, 6.07) is 14.0. The molecule has 0 radical (unpaired) electrons. The van der Waals surface area contributed by atoms with Crippen LogP contribution in [0.5, 0.6) is 0 Å². The van der Waals surface area contributed by atoms with Crippen molar-refractivity contribution in [3.8, 4) is 0 Å². The number of benzene rings is 2. The number of alkyl halides is 3. The van der Waals surface area contributed by atoms with Crippen molar-refractivity contribution in [2.45, 2.75) is 12.7 Å². The molecular formula is C21H14Cl3F3N4O. The lowest BCUT2D eigenvalue weighted by Gasteiger charge is -2.11. The highest BCUT2D eigenvalue weighted by Crippen LogP contribution is 2.34. The van der Waals surface area contributed by atoms with Crippen molar-refractivity contribution in [2.75, 3.05) is 5.32 Å². The van der Waals surface area contributed by atoms with Crippen LogP contribution in [0.3, 0.4) is 0 Å². The summed E-state index contributed by atoms with van der Waals surface area (Å²) in [6.45, 7) is -0.159. The van der Waals surface area contributed by atoms with Gasteiger partial charge in [-0.2, -0.15) is 13.2 Å². The lowest BCUT2D eigenvalue weighted by atomic mass is 10.1. The van der Waals surface area contributed by atoms with Gasteiger partial charge in [0.15, 0.2) is 0 Å². The van der Waals surface area contributed by atoms with Gasteiger partial charge in [0.05, 0.1) is 39.1 Å². The maximum atomic E-state index is 13.7. The van der Waals surface area contributed by atoms with Crippen LogP contribution in [0.25, 0.3) is 11.0 Å². The summed E-state index contributed by atoms with van der Waals surface area (Å²) in [7, 11) is 0. The number of hydrogen-bond acceptors (Lipinski definition) is 3. The number of fused-ring (bicyclic) bond motifs is 1. The van der Waals surface area contributed by atoms with E-state index in [1.807, 2.05) is 0 Å². The standard InChI is InChI=1S/C21H13Cl2F3N4O.ClH/c22-14-7-4-8-15(23)18(14)28-19(31)13-6-3-9-16-17(13)29-20(21(24,25)26)30(16)11-12-5-1-2-10-27-12;/h1-10H,11H2,(H,28,31);1H. The molecule has 0 bridgehead atoms. The van der Waals surface area contributed by atoms with Gasteiger partial charge in [0.25, 0.3) is 5.91 Å². The van der Waals surface area contributed by atoms with E-state index in [1.54, 1.807) is 24.3 Å². The second-order valence-electron chi connectivity index (χ2n) is 6.56. The average molecular weight is 502 g/mol. The van der Waals surface area contributed by atoms with Crippen LogP contribution in [0.1, 0.15) is 21.9 Å². The summed E-state index contributed by atoms with van der Waals surface area (Å²) in [4.78, 5) is 20.8. The van der Waals surface area contributed by atoms with Crippen molar-refractivity contribution < 1.29 is 18.0 Å². The molecule has 32 heavy (non-hydrogen) atoms. The number of nitrogens with one attached hydrogen (secondary N) is 1. The van der Waals surface area contributed by atoms with Crippen LogP contribution in [0.2, 0.25) is 10.0 Å². The Kier molecular flexibility index (Phi) is 6.97. The Balaban J connectivity index is 0.00000289. The summed E-state index contributed by atoms with van der Waals surface area (Å²) >= 11 is 12.2. The number of pyridine rings is 1. The topological polar surface area (TPSA) is 59.8 Å². The van der Waals surface area contributed by atoms with Gasteiger partial charge >= 0.3 is 6.18 Å². The van der Waals surface area contributed by atoms with Gasteiger partial charge in [-0.15, -0.1) is 12.4 Å². The molecule has 4 rings (SSSR count). The first-order valence-corrected chi connectivity index (χ1v) is 9.73. The molecule has 2 aromatic heterocycles. The smallest absolute Gasteiger partial charge is 0.319 e. The number of carbonyl (C=O) groups excluding carboxylic acids is 1. The quantitative estimate of drug-likeness (QED) is 0.348. The van der Waals surface area contributed by atoms with E-state index < -0.39 is 17.9 Å². The Hall–Kier alpha value is -2.81. The predicted molar refractivity (Wildman–Crippen MR) is 120 cm³/mol. The molecule has 1 N–H and O–H groups in total. The summed E-state index contributed by atoms with van der Waals surface area (Å²) < 4.78 is 42.2. The van der Waals surface area contributed by atoms with Crippen LogP contribution >= 0.6 is 35.6 Å². The van der Waals surface area contributed by atoms with Crippen molar-refractivity contribution in [3.63, 3.8) is 0 Å². The van der Waals surface area contributed by atoms with E-state index in [4.69, 9.17) is 23.2 Å². The summed E-state index contributed by atoms with van der Waals surface area (Å²) in [5, 5.41) is 2.96. The lowest BCUT2D eigenvalue weighted by Crippen LogP contribution is -2.16. The fourth-order valence-corrected chi connectivity index (χ4v) is 3.65. The Labute approximate surface area is 196 Å². The molecule has 0 unspecified atom stereocenters. The molecule has 1 amide bonds. The summed E-state index contributed by atoms with van der Waals surface area (Å²) in [5.41, 5.74) is 0.600. The highest BCUT2D eigenvalue weighted by atomic mass is 35.5. The van der Waals surface area contributed by atoms with E-state index in [0.29, 0.717) is 5.69 Å². The molecule has 0 spiro atoms. The number of anilines is 1. The fourth-order valence-electron chi connectivity index (χ4n) is 3.16. The molecule has 0 saturated heterocycles. The normalized spacial score (nSPS) is 11.3. The molecule has 0 atom stereocenters. The number of carbonyl (C=O) groups is 1. The van der Waals surface area contributed by atoms with Crippen LogP contribution in [0.4, 0.5) is 18.9 Å². The van der Waals surface area contributed by atoms with Gasteiger partial charge in [-0.25, -0.2) is 4.98 Å². The summed E-state index contributed by atoms with van der Waals surface area (Å²) in [5.74, 6) is -1.80. The molecule has 0 aliphatic heterocycles. The van der Waals surface area contributed by atoms with Crippen LogP contribution < -0.4 is 5.32 Å². The number of hydrogen-bond donors (Lipinski definition) is 1. The Morgan fingerprint density at radius 1 is 1.00 bits per heavy atom. The van der Waals surface area contributed by atoms with E-state index in [-0.39, 0.29) is 51.3 Å². The van der Waals surface area contributed by atoms with Gasteiger partial charge < -0.3 is 9.88 Å². The zero-order valence-corrected chi connectivity index (χ0v) is 18.4. The van der Waals surface area contributed by atoms with Crippen LogP contribution in [0.15, 0.2) is 60.8 Å². The molecule has 166 valence electrons. The monoisotopic (exact) mass is 500 g/mol. The molecule has 0 aliphatic rings. The molecule has 0 aliphatic carbocycles. The van der Waals surface area contributed by atoms with Crippen molar-refractivity contribution in [3.05, 3.63) is 87.9 Å². The zero-order valence-electron chi connectivity index (χ0n) is 16.0. The SMILES string of the molecule is Cl.O=C(Nc1c(Cl)cccc1Cl)c1cccc2c1nc(C(F)(F)F)n2Cc1ccccn1. The third-order valence-corrected chi connectivity index (χ3v) is 5.15. The van der Waals surface area contributed by atoms with Gasteiger partial charge in [0.2, 0.25) is 5.82 Å². The summed E-state index contributed by atoms with van der Waals surface area (Å²) in [6.07, 6.45) is -3.23. The van der Waals surface area contributed by atoms with Crippen molar-refractivity contribution in [1.29, 1.82) is 0 Å². The number of amides is 1. The molecule has 0 fully saturated rings. The minimum atomic E-state index is -4.73. The number of halogens is 6. The Morgan fingerprint density at radius 3 is 2.31 bits per heavy atom. The Bertz CT molecular complexity index is 1260. The third-order valence-electron chi connectivity index (χ3n) is 4.52. The molecular weight excluding hydrogens is 488 g/mol. The molecule has 4 aromatic rings. The van der Waals surface area contributed by atoms with Crippen LogP contribution in [0, 0.1) is 0 Å². The minimum Gasteiger partial charge on any atom is -0.319 e. The van der Waals surface area contributed by atoms with E-state index in [0.717, 1.165) is 4.57 Å². The predicted octanol–water partition coefficient (Wildman–Crippen LogP) is 6.48. The molecule has 2 heterocycles. The van der Waals surface area contributed by atoms with Gasteiger partial charge in [0.1, 0.15) is 5.52 Å². The number of aromatic nitrogens is 3. The van der Waals surface area contributed by atoms with Gasteiger partial charge in [0, 0.05) is 6.20 Å². The molecule has 2 aromatic carbocycles. The molecule has 11 heteroatoms. The van der Waals surface area contributed by atoms with Gasteiger partial charge in [-0.05, 0) is 36.4 Å². The number of para-hydroxylation sites is 2.